The van der Waals surface area contributed by atoms with Crippen LogP contribution in [0.4, 0.5) is 5.69 Å². The Balaban J connectivity index is 2.59. The van der Waals surface area contributed by atoms with E-state index in [1.54, 1.807) is 0 Å². The maximum absolute atomic E-state index is 3.49. The molecule has 1 aliphatic heterocycles. The zero-order valence-electron chi connectivity index (χ0n) is 7.82. The first-order chi connectivity index (χ1) is 6.18. The van der Waals surface area contributed by atoms with Crippen molar-refractivity contribution in [2.24, 2.45) is 0 Å². The van der Waals surface area contributed by atoms with Crippen LogP contribution in [-0.2, 0) is 0 Å². The highest BCUT2D eigenvalue weighted by molar-refractivity contribution is 9.10. The minimum atomic E-state index is 0.966. The summed E-state index contributed by atoms with van der Waals surface area (Å²) in [5, 5.41) is 3.38. The summed E-state index contributed by atoms with van der Waals surface area (Å²) in [7, 11) is 0. The normalized spacial score (nSPS) is 13.9. The maximum atomic E-state index is 3.49. The van der Waals surface area contributed by atoms with Gasteiger partial charge in [-0.25, -0.2) is 0 Å². The van der Waals surface area contributed by atoms with Gasteiger partial charge in [0, 0.05) is 22.3 Å². The Morgan fingerprint density at radius 3 is 2.85 bits per heavy atom. The van der Waals surface area contributed by atoms with Crippen LogP contribution in [0.25, 0.3) is 5.57 Å². The molecule has 2 rings (SSSR count). The van der Waals surface area contributed by atoms with Crippen molar-refractivity contribution in [2.75, 3.05) is 11.9 Å². The third-order valence-corrected chi connectivity index (χ3v) is 2.86. The van der Waals surface area contributed by atoms with E-state index in [4.69, 9.17) is 0 Å². The third-order valence-electron chi connectivity index (χ3n) is 2.37. The first-order valence-electron chi connectivity index (χ1n) is 4.38. The predicted octanol–water partition coefficient (Wildman–Crippen LogP) is 3.67. The summed E-state index contributed by atoms with van der Waals surface area (Å²) in [5.74, 6) is 0. The number of rotatable bonds is 0. The summed E-state index contributed by atoms with van der Waals surface area (Å²) < 4.78 is 1.15. The van der Waals surface area contributed by atoms with Crippen molar-refractivity contribution in [1.29, 1.82) is 0 Å². The lowest BCUT2D eigenvalue weighted by Crippen LogP contribution is -1.92. The number of halogens is 1. The van der Waals surface area contributed by atoms with E-state index in [-0.39, 0.29) is 0 Å². The van der Waals surface area contributed by atoms with Gasteiger partial charge in [-0.3, -0.25) is 0 Å². The Labute approximate surface area is 87.0 Å². The molecule has 0 spiro atoms. The lowest BCUT2D eigenvalue weighted by atomic mass is 10.0. The molecular weight excluding hydrogens is 226 g/mol. The van der Waals surface area contributed by atoms with Crippen LogP contribution in [0, 0.1) is 0 Å². The molecule has 1 heterocycles. The summed E-state index contributed by atoms with van der Waals surface area (Å²) in [5.41, 5.74) is 5.41. The van der Waals surface area contributed by atoms with Crippen molar-refractivity contribution in [3.63, 3.8) is 0 Å². The van der Waals surface area contributed by atoms with Crippen molar-refractivity contribution < 1.29 is 0 Å². The van der Waals surface area contributed by atoms with E-state index in [1.807, 2.05) is 0 Å². The Kier molecular flexibility index (Phi) is 2.16. The van der Waals surface area contributed by atoms with E-state index in [0.29, 0.717) is 0 Å². The second-order valence-electron chi connectivity index (χ2n) is 3.52. The molecule has 0 saturated heterocycles. The summed E-state index contributed by atoms with van der Waals surface area (Å²) >= 11 is 3.49. The lowest BCUT2D eigenvalue weighted by Gasteiger charge is -2.01. The molecule has 0 fully saturated rings. The second-order valence-corrected chi connectivity index (χ2v) is 4.44. The Hall–Kier alpha value is -0.760. The fourth-order valence-corrected chi connectivity index (χ4v) is 2.01. The van der Waals surface area contributed by atoms with Crippen molar-refractivity contribution >= 4 is 27.2 Å². The molecule has 0 unspecified atom stereocenters. The summed E-state index contributed by atoms with van der Waals surface area (Å²) in [6.45, 7) is 5.29. The molecule has 1 nitrogen and oxygen atoms in total. The lowest BCUT2D eigenvalue weighted by molar-refractivity contribution is 1.34. The van der Waals surface area contributed by atoms with Gasteiger partial charge in [-0.05, 0) is 37.6 Å². The Morgan fingerprint density at radius 1 is 1.38 bits per heavy atom. The zero-order valence-corrected chi connectivity index (χ0v) is 9.40. The van der Waals surface area contributed by atoms with Crippen molar-refractivity contribution in [2.45, 2.75) is 13.8 Å². The van der Waals surface area contributed by atoms with E-state index < -0.39 is 0 Å². The quantitative estimate of drug-likeness (QED) is 0.727. The van der Waals surface area contributed by atoms with Gasteiger partial charge in [-0.2, -0.15) is 0 Å². The zero-order chi connectivity index (χ0) is 9.42. The van der Waals surface area contributed by atoms with Crippen molar-refractivity contribution in [3.8, 4) is 0 Å². The number of nitrogens with one attached hydrogen (secondary N) is 1. The maximum Gasteiger partial charge on any atom is 0.0420 e. The molecule has 0 radical (unpaired) electrons. The molecule has 0 bridgehead atoms. The van der Waals surface area contributed by atoms with E-state index >= 15 is 0 Å². The molecule has 68 valence electrons. The molecule has 0 amide bonds. The van der Waals surface area contributed by atoms with Crippen LogP contribution < -0.4 is 5.32 Å². The number of hydrogen-bond acceptors (Lipinski definition) is 1. The number of anilines is 1. The molecule has 0 aromatic heterocycles. The molecule has 2 heteroatoms. The van der Waals surface area contributed by atoms with Gasteiger partial charge in [0.05, 0.1) is 0 Å². The molecule has 1 aliphatic rings. The standard InChI is InChI=1S/C11H12BrN/c1-7(2)10-6-13-11-4-3-8(12)5-9(10)11/h3-5,13H,6H2,1-2H3. The Bertz CT molecular complexity index is 376. The van der Waals surface area contributed by atoms with Crippen LogP contribution in [-0.4, -0.2) is 6.54 Å². The minimum Gasteiger partial charge on any atom is -0.380 e. The Morgan fingerprint density at radius 2 is 2.15 bits per heavy atom. The molecule has 1 aromatic rings. The van der Waals surface area contributed by atoms with Crippen LogP contribution in [0.15, 0.2) is 28.2 Å². The molecule has 13 heavy (non-hydrogen) atoms. The number of hydrogen-bond donors (Lipinski definition) is 1. The second kappa shape index (κ2) is 3.18. The van der Waals surface area contributed by atoms with E-state index in [9.17, 15) is 0 Å². The highest BCUT2D eigenvalue weighted by atomic mass is 79.9. The third kappa shape index (κ3) is 1.51. The van der Waals surface area contributed by atoms with Gasteiger partial charge in [0.25, 0.3) is 0 Å². The average Bonchev–Trinajstić information content (AvgIpc) is 2.46. The van der Waals surface area contributed by atoms with Crippen LogP contribution in [0.2, 0.25) is 0 Å². The number of fused-ring (bicyclic) bond motifs is 1. The molecule has 0 aliphatic carbocycles. The van der Waals surface area contributed by atoms with Gasteiger partial charge in [-0.1, -0.05) is 21.5 Å². The van der Waals surface area contributed by atoms with Gasteiger partial charge in [0.2, 0.25) is 0 Å². The van der Waals surface area contributed by atoms with E-state index in [2.05, 4.69) is 53.3 Å². The molecular formula is C11H12BrN. The van der Waals surface area contributed by atoms with Gasteiger partial charge in [-0.15, -0.1) is 0 Å². The van der Waals surface area contributed by atoms with Crippen molar-refractivity contribution in [1.82, 2.24) is 0 Å². The smallest absolute Gasteiger partial charge is 0.0420 e. The van der Waals surface area contributed by atoms with Gasteiger partial charge >= 0.3 is 0 Å². The number of allylic oxidation sites excluding steroid dienone is 1. The molecule has 0 atom stereocenters. The highest BCUT2D eigenvalue weighted by Gasteiger charge is 2.15. The number of benzene rings is 1. The van der Waals surface area contributed by atoms with Crippen LogP contribution >= 0.6 is 15.9 Å². The highest BCUT2D eigenvalue weighted by Crippen LogP contribution is 2.34. The van der Waals surface area contributed by atoms with Crippen molar-refractivity contribution in [3.05, 3.63) is 33.8 Å². The average molecular weight is 238 g/mol. The van der Waals surface area contributed by atoms with Gasteiger partial charge < -0.3 is 5.32 Å². The summed E-state index contributed by atoms with van der Waals surface area (Å²) in [6, 6.07) is 6.37. The van der Waals surface area contributed by atoms with Gasteiger partial charge in [0.15, 0.2) is 0 Å². The SMILES string of the molecule is CC(C)=C1CNc2ccc(Br)cc21. The topological polar surface area (TPSA) is 12.0 Å². The first kappa shape index (κ1) is 8.82. The first-order valence-corrected chi connectivity index (χ1v) is 5.18. The minimum absolute atomic E-state index is 0.966. The monoisotopic (exact) mass is 237 g/mol. The molecule has 0 saturated carbocycles. The van der Waals surface area contributed by atoms with Crippen LogP contribution in [0.5, 0.6) is 0 Å². The van der Waals surface area contributed by atoms with E-state index in [1.165, 1.54) is 22.4 Å². The predicted molar refractivity (Wildman–Crippen MR) is 60.9 cm³/mol. The molecule has 1 aromatic carbocycles. The largest absolute Gasteiger partial charge is 0.380 e. The fraction of sp³-hybridized carbons (Fsp3) is 0.273. The fourth-order valence-electron chi connectivity index (χ4n) is 1.65. The van der Waals surface area contributed by atoms with E-state index in [0.717, 1.165) is 11.0 Å². The summed E-state index contributed by atoms with van der Waals surface area (Å²) in [4.78, 5) is 0. The molecule has 1 N–H and O–H groups in total. The summed E-state index contributed by atoms with van der Waals surface area (Å²) in [6.07, 6.45) is 0. The van der Waals surface area contributed by atoms with Crippen LogP contribution in [0.1, 0.15) is 19.4 Å². The van der Waals surface area contributed by atoms with Crippen LogP contribution in [0.3, 0.4) is 0 Å². The van der Waals surface area contributed by atoms with Gasteiger partial charge in [0.1, 0.15) is 0 Å².